The van der Waals surface area contributed by atoms with Crippen LogP contribution in [0.15, 0.2) is 12.3 Å². The zero-order valence-corrected chi connectivity index (χ0v) is 11.0. The molecule has 104 valence electrons. The molecule has 0 spiro atoms. The van der Waals surface area contributed by atoms with E-state index in [0.29, 0.717) is 12.1 Å². The molecule has 0 radical (unpaired) electrons. The molecule has 6 heteroatoms. The molecule has 1 heterocycles. The van der Waals surface area contributed by atoms with Gasteiger partial charge in [0.1, 0.15) is 5.75 Å². The molecule has 0 aromatic carbocycles. The number of aromatic hydroxyl groups is 1. The van der Waals surface area contributed by atoms with Crippen LogP contribution in [0.3, 0.4) is 0 Å². The summed E-state index contributed by atoms with van der Waals surface area (Å²) < 4.78 is 0. The van der Waals surface area contributed by atoms with Gasteiger partial charge in [0, 0.05) is 11.7 Å². The van der Waals surface area contributed by atoms with Crippen LogP contribution in [0.5, 0.6) is 5.75 Å². The van der Waals surface area contributed by atoms with E-state index in [2.05, 4.69) is 10.3 Å². The van der Waals surface area contributed by atoms with Crippen molar-refractivity contribution in [1.82, 2.24) is 10.3 Å². The molecule has 0 saturated heterocycles. The maximum atomic E-state index is 12.0. The summed E-state index contributed by atoms with van der Waals surface area (Å²) in [6.07, 6.45) is 2.41. The largest absolute Gasteiger partial charge is 0.505 e. The minimum Gasteiger partial charge on any atom is -0.505 e. The van der Waals surface area contributed by atoms with Crippen LogP contribution in [0.1, 0.15) is 42.2 Å². The number of nitrogens with one attached hydrogen (secondary N) is 1. The fourth-order valence-electron chi connectivity index (χ4n) is 1.78. The lowest BCUT2D eigenvalue weighted by Crippen LogP contribution is -2.36. The lowest BCUT2D eigenvalue weighted by Gasteiger charge is -2.16. The maximum absolute atomic E-state index is 12.0. The van der Waals surface area contributed by atoms with Gasteiger partial charge in [-0.25, -0.2) is 0 Å². The summed E-state index contributed by atoms with van der Waals surface area (Å²) in [7, 11) is 0. The highest BCUT2D eigenvalue weighted by atomic mass is 16.4. The molecule has 0 bridgehead atoms. The number of hydrogen-bond donors (Lipinski definition) is 3. The first-order valence-corrected chi connectivity index (χ1v) is 6.12. The number of carboxylic acids is 1. The van der Waals surface area contributed by atoms with Crippen molar-refractivity contribution in [2.75, 3.05) is 0 Å². The smallest absolute Gasteiger partial charge is 0.305 e. The minimum absolute atomic E-state index is 0.110. The number of rotatable bonds is 6. The van der Waals surface area contributed by atoms with E-state index in [9.17, 15) is 14.7 Å². The third-order valence-corrected chi connectivity index (χ3v) is 2.66. The molecule has 6 nitrogen and oxygen atoms in total. The molecule has 0 aliphatic carbocycles. The van der Waals surface area contributed by atoms with Gasteiger partial charge in [0.15, 0.2) is 0 Å². The van der Waals surface area contributed by atoms with E-state index in [-0.39, 0.29) is 17.7 Å². The first-order valence-electron chi connectivity index (χ1n) is 6.12. The van der Waals surface area contributed by atoms with Gasteiger partial charge in [-0.2, -0.15) is 0 Å². The Morgan fingerprint density at radius 3 is 2.74 bits per heavy atom. The number of amides is 1. The van der Waals surface area contributed by atoms with Crippen molar-refractivity contribution in [2.24, 2.45) is 0 Å². The van der Waals surface area contributed by atoms with E-state index < -0.39 is 17.9 Å². The number of carboxylic acid groups (broad SMARTS) is 1. The van der Waals surface area contributed by atoms with Gasteiger partial charge >= 0.3 is 5.97 Å². The van der Waals surface area contributed by atoms with Crippen LogP contribution in [-0.4, -0.2) is 33.1 Å². The highest BCUT2D eigenvalue weighted by Crippen LogP contribution is 2.16. The van der Waals surface area contributed by atoms with E-state index in [0.717, 1.165) is 6.42 Å². The van der Waals surface area contributed by atoms with Crippen molar-refractivity contribution in [3.05, 3.63) is 23.5 Å². The molecule has 0 fully saturated rings. The summed E-state index contributed by atoms with van der Waals surface area (Å²) in [5, 5.41) is 21.0. The highest BCUT2D eigenvalue weighted by Gasteiger charge is 2.18. The third-order valence-electron chi connectivity index (χ3n) is 2.66. The minimum atomic E-state index is -0.964. The average molecular weight is 266 g/mol. The fourth-order valence-corrected chi connectivity index (χ4v) is 1.78. The van der Waals surface area contributed by atoms with Crippen LogP contribution in [-0.2, 0) is 4.79 Å². The Hall–Kier alpha value is -2.11. The van der Waals surface area contributed by atoms with Gasteiger partial charge < -0.3 is 15.5 Å². The molecule has 1 amide bonds. The standard InChI is InChI=1S/C13H18N2O4/c1-3-4-9(6-12(17)18)15-13(19)10-5-8(2)14-7-11(10)16/h5,7,9,16H,3-4,6H2,1-2H3,(H,15,19)(H,17,18)/t9-/m0/s1. The summed E-state index contributed by atoms with van der Waals surface area (Å²) in [4.78, 5) is 26.6. The zero-order chi connectivity index (χ0) is 14.4. The lowest BCUT2D eigenvalue weighted by molar-refractivity contribution is -0.137. The van der Waals surface area contributed by atoms with Crippen LogP contribution in [0.4, 0.5) is 0 Å². The Bertz CT molecular complexity index is 474. The first-order chi connectivity index (χ1) is 8.93. The average Bonchev–Trinajstić information content (AvgIpc) is 2.31. The summed E-state index contributed by atoms with van der Waals surface area (Å²) in [5.41, 5.74) is 0.715. The Labute approximate surface area is 111 Å². The summed E-state index contributed by atoms with van der Waals surface area (Å²) >= 11 is 0. The van der Waals surface area contributed by atoms with Crippen LogP contribution in [0.25, 0.3) is 0 Å². The van der Waals surface area contributed by atoms with Crippen molar-refractivity contribution in [2.45, 2.75) is 39.2 Å². The molecule has 1 aromatic rings. The SMILES string of the molecule is CCC[C@@H](CC(=O)O)NC(=O)c1cc(C)ncc1O. The number of carbonyl (C=O) groups is 2. The normalized spacial score (nSPS) is 11.9. The molecule has 3 N–H and O–H groups in total. The monoisotopic (exact) mass is 266 g/mol. The molecule has 0 saturated carbocycles. The molecule has 1 atom stereocenters. The topological polar surface area (TPSA) is 99.5 Å². The Kier molecular flexibility index (Phi) is 5.29. The number of aryl methyl sites for hydroxylation is 1. The van der Waals surface area contributed by atoms with Gasteiger partial charge in [-0.3, -0.25) is 14.6 Å². The van der Waals surface area contributed by atoms with Gasteiger partial charge in [0.05, 0.1) is 18.2 Å². The van der Waals surface area contributed by atoms with Gasteiger partial charge in [-0.05, 0) is 19.4 Å². The second kappa shape index (κ2) is 6.72. The number of carbonyl (C=O) groups excluding carboxylic acids is 1. The van der Waals surface area contributed by atoms with E-state index in [1.165, 1.54) is 12.3 Å². The summed E-state index contributed by atoms with van der Waals surface area (Å²) in [5.74, 6) is -1.66. The molecule has 1 rings (SSSR count). The van der Waals surface area contributed by atoms with Crippen molar-refractivity contribution >= 4 is 11.9 Å². The van der Waals surface area contributed by atoms with Crippen LogP contribution >= 0.6 is 0 Å². The molecule has 1 aromatic heterocycles. The van der Waals surface area contributed by atoms with Gasteiger partial charge in [0.2, 0.25) is 0 Å². The van der Waals surface area contributed by atoms with Gasteiger partial charge in [-0.1, -0.05) is 13.3 Å². The zero-order valence-electron chi connectivity index (χ0n) is 11.0. The van der Waals surface area contributed by atoms with E-state index >= 15 is 0 Å². The lowest BCUT2D eigenvalue weighted by atomic mass is 10.1. The summed E-state index contributed by atoms with van der Waals surface area (Å²) in [6.45, 7) is 3.62. The summed E-state index contributed by atoms with van der Waals surface area (Å²) in [6, 6.07) is 1.02. The molecule has 0 aliphatic heterocycles. The van der Waals surface area contributed by atoms with Crippen LogP contribution in [0, 0.1) is 6.92 Å². The van der Waals surface area contributed by atoms with Crippen LogP contribution < -0.4 is 5.32 Å². The van der Waals surface area contributed by atoms with Crippen molar-refractivity contribution in [3.8, 4) is 5.75 Å². The number of pyridine rings is 1. The maximum Gasteiger partial charge on any atom is 0.305 e. The Morgan fingerprint density at radius 2 is 2.16 bits per heavy atom. The number of nitrogens with zero attached hydrogens (tertiary/aromatic N) is 1. The van der Waals surface area contributed by atoms with Gasteiger partial charge in [0.25, 0.3) is 5.91 Å². The van der Waals surface area contributed by atoms with Crippen LogP contribution in [0.2, 0.25) is 0 Å². The van der Waals surface area contributed by atoms with Crippen molar-refractivity contribution in [1.29, 1.82) is 0 Å². The number of aromatic nitrogens is 1. The molecule has 0 unspecified atom stereocenters. The fraction of sp³-hybridized carbons (Fsp3) is 0.462. The van der Waals surface area contributed by atoms with E-state index in [4.69, 9.17) is 5.11 Å². The predicted octanol–water partition coefficient (Wildman–Crippen LogP) is 1.47. The second-order valence-electron chi connectivity index (χ2n) is 4.40. The predicted molar refractivity (Wildman–Crippen MR) is 69.1 cm³/mol. The first kappa shape index (κ1) is 14.9. The molecular formula is C13H18N2O4. The van der Waals surface area contributed by atoms with Crippen molar-refractivity contribution < 1.29 is 19.8 Å². The molecule has 0 aliphatic rings. The Balaban J connectivity index is 2.81. The number of aliphatic carboxylic acids is 1. The number of hydrogen-bond acceptors (Lipinski definition) is 4. The van der Waals surface area contributed by atoms with E-state index in [1.807, 2.05) is 6.92 Å². The quantitative estimate of drug-likeness (QED) is 0.724. The van der Waals surface area contributed by atoms with Crippen molar-refractivity contribution in [3.63, 3.8) is 0 Å². The third kappa shape index (κ3) is 4.57. The Morgan fingerprint density at radius 1 is 1.47 bits per heavy atom. The highest BCUT2D eigenvalue weighted by molar-refractivity contribution is 5.97. The molecule has 19 heavy (non-hydrogen) atoms. The van der Waals surface area contributed by atoms with E-state index in [1.54, 1.807) is 6.92 Å². The second-order valence-corrected chi connectivity index (χ2v) is 4.40. The van der Waals surface area contributed by atoms with Gasteiger partial charge in [-0.15, -0.1) is 0 Å². The molecular weight excluding hydrogens is 248 g/mol.